The first-order chi connectivity index (χ1) is 13.7. The molecule has 0 radical (unpaired) electrons. The third-order valence-electron chi connectivity index (χ3n) is 5.05. The number of nitrogens with zero attached hydrogens (tertiary/aromatic N) is 3. The second-order valence-electron chi connectivity index (χ2n) is 6.86. The monoisotopic (exact) mass is 548 g/mol. The Morgan fingerprint density at radius 2 is 2.03 bits per heavy atom. The van der Waals surface area contributed by atoms with Gasteiger partial charge in [0.25, 0.3) is 0 Å². The molecule has 3 rings (SSSR count). The first-order valence-electron chi connectivity index (χ1n) is 9.69. The van der Waals surface area contributed by atoms with Crippen molar-refractivity contribution in [3.8, 4) is 0 Å². The summed E-state index contributed by atoms with van der Waals surface area (Å²) in [7, 11) is 3.92. The molecule has 0 saturated carbocycles. The molecule has 1 aliphatic heterocycles. The van der Waals surface area contributed by atoms with Gasteiger partial charge in [-0.3, -0.25) is 9.89 Å². The molecule has 0 aliphatic carbocycles. The molecule has 1 atom stereocenters. The Hall–Kier alpha value is -0.870. The van der Waals surface area contributed by atoms with Crippen LogP contribution in [0.2, 0.25) is 5.02 Å². The van der Waals surface area contributed by atoms with E-state index >= 15 is 0 Å². The van der Waals surface area contributed by atoms with E-state index in [1.807, 2.05) is 19.2 Å². The van der Waals surface area contributed by atoms with Crippen LogP contribution in [0.25, 0.3) is 0 Å². The van der Waals surface area contributed by atoms with Gasteiger partial charge in [0.1, 0.15) is 0 Å². The van der Waals surface area contributed by atoms with Crippen LogP contribution in [0.15, 0.2) is 46.8 Å². The first-order valence-corrected chi connectivity index (χ1v) is 10.9. The molecule has 1 aromatic carbocycles. The maximum Gasteiger partial charge on any atom is 0.193 e. The quantitative estimate of drug-likeness (QED) is 0.321. The van der Waals surface area contributed by atoms with E-state index in [0.717, 1.165) is 62.4 Å². The Labute approximate surface area is 200 Å². The summed E-state index contributed by atoms with van der Waals surface area (Å²) in [6.45, 7) is 5.01. The van der Waals surface area contributed by atoms with Crippen LogP contribution in [-0.4, -0.2) is 69.2 Å². The smallest absolute Gasteiger partial charge is 0.193 e. The molecule has 0 amide bonds. The molecule has 1 aliphatic rings. The Kier molecular flexibility index (Phi) is 10.7. The third-order valence-corrected chi connectivity index (χ3v) is 6.33. The summed E-state index contributed by atoms with van der Waals surface area (Å²) in [5.74, 6) is 0.905. The van der Waals surface area contributed by atoms with Crippen LogP contribution in [0.4, 0.5) is 0 Å². The zero-order chi connectivity index (χ0) is 19.8. The number of aliphatic imine (C=N–C) groups is 1. The van der Waals surface area contributed by atoms with Crippen molar-refractivity contribution in [2.24, 2.45) is 4.99 Å². The number of benzene rings is 1. The molecular weight excluding hydrogens is 519 g/mol. The fraction of sp³-hybridized carbons (Fsp3) is 0.476. The number of morpholine rings is 1. The molecule has 2 aromatic rings. The molecule has 1 N–H and O–H groups in total. The molecule has 1 fully saturated rings. The number of ether oxygens (including phenoxy) is 1. The molecule has 5 nitrogen and oxygen atoms in total. The van der Waals surface area contributed by atoms with Gasteiger partial charge in [0, 0.05) is 50.2 Å². The SMILES string of the molecule is CN=C(NCC(c1ccccc1Cl)N1CCOCC1)N(C)CCc1cccs1.I. The number of hydrogen-bond acceptors (Lipinski definition) is 4. The van der Waals surface area contributed by atoms with Crippen molar-refractivity contribution >= 4 is 52.9 Å². The zero-order valence-corrected chi connectivity index (χ0v) is 20.9. The van der Waals surface area contributed by atoms with Gasteiger partial charge in [-0.2, -0.15) is 0 Å². The molecule has 2 heterocycles. The molecular formula is C21H30ClIN4OS. The number of thiophene rings is 1. The lowest BCUT2D eigenvalue weighted by Crippen LogP contribution is -2.47. The van der Waals surface area contributed by atoms with Crippen molar-refractivity contribution < 1.29 is 4.74 Å². The number of nitrogens with one attached hydrogen (secondary N) is 1. The molecule has 1 unspecified atom stereocenters. The van der Waals surface area contributed by atoms with Gasteiger partial charge in [-0.15, -0.1) is 35.3 Å². The van der Waals surface area contributed by atoms with E-state index in [1.165, 1.54) is 4.88 Å². The second-order valence-corrected chi connectivity index (χ2v) is 8.30. The maximum atomic E-state index is 6.53. The Morgan fingerprint density at radius 3 is 2.69 bits per heavy atom. The fourth-order valence-electron chi connectivity index (χ4n) is 3.48. The van der Waals surface area contributed by atoms with Gasteiger partial charge >= 0.3 is 0 Å². The van der Waals surface area contributed by atoms with Crippen molar-refractivity contribution in [1.82, 2.24) is 15.1 Å². The average Bonchev–Trinajstić information content (AvgIpc) is 3.25. The number of halogens is 2. The van der Waals surface area contributed by atoms with Crippen LogP contribution in [0.3, 0.4) is 0 Å². The molecule has 29 heavy (non-hydrogen) atoms. The van der Waals surface area contributed by atoms with Crippen molar-refractivity contribution in [2.45, 2.75) is 12.5 Å². The van der Waals surface area contributed by atoms with Crippen molar-refractivity contribution in [3.63, 3.8) is 0 Å². The van der Waals surface area contributed by atoms with E-state index in [-0.39, 0.29) is 30.0 Å². The predicted molar refractivity (Wildman–Crippen MR) is 134 cm³/mol. The Balaban J connectivity index is 0.00000300. The first kappa shape index (κ1) is 24.4. The summed E-state index contributed by atoms with van der Waals surface area (Å²) >= 11 is 8.33. The van der Waals surface area contributed by atoms with E-state index in [0.29, 0.717) is 0 Å². The van der Waals surface area contributed by atoms with E-state index in [2.05, 4.69) is 56.8 Å². The Bertz CT molecular complexity index is 753. The minimum Gasteiger partial charge on any atom is -0.379 e. The van der Waals surface area contributed by atoms with Crippen LogP contribution >= 0.6 is 46.9 Å². The summed E-state index contributed by atoms with van der Waals surface area (Å²) in [6, 6.07) is 12.6. The van der Waals surface area contributed by atoms with Crippen molar-refractivity contribution in [3.05, 3.63) is 57.2 Å². The minimum absolute atomic E-state index is 0. The summed E-state index contributed by atoms with van der Waals surface area (Å²) in [5.41, 5.74) is 1.15. The van der Waals surface area contributed by atoms with E-state index < -0.39 is 0 Å². The van der Waals surface area contributed by atoms with Gasteiger partial charge in [-0.1, -0.05) is 35.9 Å². The lowest BCUT2D eigenvalue weighted by molar-refractivity contribution is 0.0169. The van der Waals surface area contributed by atoms with Gasteiger partial charge < -0.3 is 15.0 Å². The number of likely N-dealkylation sites (N-methyl/N-ethyl adjacent to an activating group) is 1. The van der Waals surface area contributed by atoms with Gasteiger partial charge in [-0.25, -0.2) is 0 Å². The summed E-state index contributed by atoms with van der Waals surface area (Å²) < 4.78 is 5.54. The standard InChI is InChI=1S/C21H29ClN4OS.HI/c1-23-21(25(2)10-9-17-6-5-15-28-17)24-16-20(26-11-13-27-14-12-26)18-7-3-4-8-19(18)22;/h3-8,15,20H,9-14,16H2,1-2H3,(H,23,24);1H. The normalized spacial score (nSPS) is 16.2. The van der Waals surface area contributed by atoms with E-state index in [9.17, 15) is 0 Å². The van der Waals surface area contributed by atoms with Crippen LogP contribution in [0.5, 0.6) is 0 Å². The zero-order valence-electron chi connectivity index (χ0n) is 17.0. The lowest BCUT2D eigenvalue weighted by atomic mass is 10.0. The minimum atomic E-state index is 0. The third kappa shape index (κ3) is 7.10. The average molecular weight is 549 g/mol. The molecule has 0 spiro atoms. The maximum absolute atomic E-state index is 6.53. The summed E-state index contributed by atoms with van der Waals surface area (Å²) in [6.07, 6.45) is 1.02. The second kappa shape index (κ2) is 12.7. The summed E-state index contributed by atoms with van der Waals surface area (Å²) in [4.78, 5) is 10.5. The highest BCUT2D eigenvalue weighted by Crippen LogP contribution is 2.27. The van der Waals surface area contributed by atoms with Gasteiger partial charge in [-0.05, 0) is 29.5 Å². The number of hydrogen-bond donors (Lipinski definition) is 1. The van der Waals surface area contributed by atoms with Crippen LogP contribution < -0.4 is 5.32 Å². The summed E-state index contributed by atoms with van der Waals surface area (Å²) in [5, 5.41) is 6.49. The molecule has 8 heteroatoms. The molecule has 160 valence electrons. The van der Waals surface area contributed by atoms with Gasteiger partial charge in [0.2, 0.25) is 0 Å². The van der Waals surface area contributed by atoms with Gasteiger partial charge in [0.05, 0.1) is 19.3 Å². The topological polar surface area (TPSA) is 40.1 Å². The van der Waals surface area contributed by atoms with Gasteiger partial charge in [0.15, 0.2) is 5.96 Å². The van der Waals surface area contributed by atoms with Crippen LogP contribution in [-0.2, 0) is 11.2 Å². The lowest BCUT2D eigenvalue weighted by Gasteiger charge is -2.36. The highest BCUT2D eigenvalue weighted by Gasteiger charge is 2.25. The van der Waals surface area contributed by atoms with Crippen LogP contribution in [0.1, 0.15) is 16.5 Å². The van der Waals surface area contributed by atoms with E-state index in [4.69, 9.17) is 16.3 Å². The van der Waals surface area contributed by atoms with E-state index in [1.54, 1.807) is 11.3 Å². The van der Waals surface area contributed by atoms with Crippen molar-refractivity contribution in [2.75, 3.05) is 53.5 Å². The molecule has 1 aromatic heterocycles. The fourth-order valence-corrected chi connectivity index (χ4v) is 4.44. The molecule has 1 saturated heterocycles. The van der Waals surface area contributed by atoms with Crippen LogP contribution in [0, 0.1) is 0 Å². The highest BCUT2D eigenvalue weighted by molar-refractivity contribution is 14.0. The number of guanidine groups is 1. The highest BCUT2D eigenvalue weighted by atomic mass is 127. The Morgan fingerprint density at radius 1 is 1.28 bits per heavy atom. The predicted octanol–water partition coefficient (Wildman–Crippen LogP) is 4.14. The molecule has 0 bridgehead atoms. The largest absolute Gasteiger partial charge is 0.379 e. The van der Waals surface area contributed by atoms with Crippen molar-refractivity contribution in [1.29, 1.82) is 0 Å². The number of rotatable bonds is 7.